The van der Waals surface area contributed by atoms with Crippen molar-refractivity contribution in [1.29, 1.82) is 0 Å². The van der Waals surface area contributed by atoms with Crippen molar-refractivity contribution in [2.45, 2.75) is 64.3 Å². The van der Waals surface area contributed by atoms with Crippen LogP contribution in [0, 0.1) is 11.8 Å². The number of piperidine rings is 1. The summed E-state index contributed by atoms with van der Waals surface area (Å²) < 4.78 is 0. The SMILES string of the molecule is CC(CC(=O)N[C@H]1CCCNC1)C1CCCCC1.Cl. The Morgan fingerprint density at radius 3 is 2.58 bits per heavy atom. The highest BCUT2D eigenvalue weighted by Crippen LogP contribution is 2.31. The van der Waals surface area contributed by atoms with E-state index in [1.807, 2.05) is 0 Å². The molecule has 1 saturated heterocycles. The lowest BCUT2D eigenvalue weighted by molar-refractivity contribution is -0.123. The number of hydrogen-bond donors (Lipinski definition) is 2. The average Bonchev–Trinajstić information content (AvgIpc) is 2.40. The highest BCUT2D eigenvalue weighted by molar-refractivity contribution is 5.85. The zero-order chi connectivity index (χ0) is 12.8. The molecule has 0 aromatic heterocycles. The van der Waals surface area contributed by atoms with Gasteiger partial charge >= 0.3 is 0 Å². The van der Waals surface area contributed by atoms with E-state index in [0.29, 0.717) is 12.0 Å². The van der Waals surface area contributed by atoms with E-state index in [1.165, 1.54) is 38.5 Å². The van der Waals surface area contributed by atoms with E-state index in [4.69, 9.17) is 0 Å². The summed E-state index contributed by atoms with van der Waals surface area (Å²) in [7, 11) is 0. The average molecular weight is 289 g/mol. The predicted octanol–water partition coefficient (Wildman–Crippen LogP) is 2.88. The van der Waals surface area contributed by atoms with Crippen LogP contribution in [0.25, 0.3) is 0 Å². The summed E-state index contributed by atoms with van der Waals surface area (Å²) in [6.07, 6.45) is 9.83. The second-order valence-electron chi connectivity index (χ2n) is 6.19. The van der Waals surface area contributed by atoms with E-state index in [-0.39, 0.29) is 18.3 Å². The van der Waals surface area contributed by atoms with Gasteiger partial charge in [-0.1, -0.05) is 39.0 Å². The van der Waals surface area contributed by atoms with Crippen LogP contribution in [0.5, 0.6) is 0 Å². The van der Waals surface area contributed by atoms with Crippen molar-refractivity contribution < 1.29 is 4.79 Å². The molecule has 3 nitrogen and oxygen atoms in total. The van der Waals surface area contributed by atoms with Gasteiger partial charge < -0.3 is 10.6 Å². The van der Waals surface area contributed by atoms with Gasteiger partial charge in [-0.05, 0) is 31.2 Å². The molecule has 19 heavy (non-hydrogen) atoms. The van der Waals surface area contributed by atoms with E-state index in [2.05, 4.69) is 17.6 Å². The molecule has 1 aliphatic carbocycles. The van der Waals surface area contributed by atoms with Gasteiger partial charge in [0.15, 0.2) is 0 Å². The number of nitrogens with one attached hydrogen (secondary N) is 2. The van der Waals surface area contributed by atoms with Gasteiger partial charge in [-0.25, -0.2) is 0 Å². The number of hydrogen-bond acceptors (Lipinski definition) is 2. The summed E-state index contributed by atoms with van der Waals surface area (Å²) in [6.45, 7) is 4.31. The van der Waals surface area contributed by atoms with E-state index in [0.717, 1.165) is 31.8 Å². The molecule has 1 unspecified atom stereocenters. The molecule has 1 heterocycles. The lowest BCUT2D eigenvalue weighted by atomic mass is 9.79. The van der Waals surface area contributed by atoms with Crippen molar-refractivity contribution >= 4 is 18.3 Å². The minimum atomic E-state index is 0. The van der Waals surface area contributed by atoms with Crippen LogP contribution in [-0.4, -0.2) is 25.0 Å². The Labute approximate surface area is 123 Å². The molecule has 0 aromatic rings. The van der Waals surface area contributed by atoms with E-state index < -0.39 is 0 Å². The van der Waals surface area contributed by atoms with Crippen molar-refractivity contribution in [3.05, 3.63) is 0 Å². The monoisotopic (exact) mass is 288 g/mol. The predicted molar refractivity (Wildman–Crippen MR) is 81.6 cm³/mol. The molecule has 2 aliphatic rings. The van der Waals surface area contributed by atoms with Crippen molar-refractivity contribution in [2.75, 3.05) is 13.1 Å². The first-order valence-corrected chi connectivity index (χ1v) is 7.76. The highest BCUT2D eigenvalue weighted by atomic mass is 35.5. The quantitative estimate of drug-likeness (QED) is 0.835. The minimum absolute atomic E-state index is 0. The summed E-state index contributed by atoms with van der Waals surface area (Å²) in [6, 6.07) is 0.366. The smallest absolute Gasteiger partial charge is 0.220 e. The van der Waals surface area contributed by atoms with Crippen molar-refractivity contribution in [2.24, 2.45) is 11.8 Å². The Bertz CT molecular complexity index is 261. The number of carbonyl (C=O) groups excluding carboxylic acids is 1. The van der Waals surface area contributed by atoms with Crippen molar-refractivity contribution in [3.8, 4) is 0 Å². The van der Waals surface area contributed by atoms with E-state index in [1.54, 1.807) is 0 Å². The molecule has 1 saturated carbocycles. The topological polar surface area (TPSA) is 41.1 Å². The first-order valence-electron chi connectivity index (χ1n) is 7.76. The first kappa shape index (κ1) is 16.8. The Morgan fingerprint density at radius 1 is 1.21 bits per heavy atom. The Kier molecular flexibility index (Phi) is 7.77. The molecule has 0 aromatic carbocycles. The fourth-order valence-electron chi connectivity index (χ4n) is 3.42. The summed E-state index contributed by atoms with van der Waals surface area (Å²) in [4.78, 5) is 12.0. The second-order valence-corrected chi connectivity index (χ2v) is 6.19. The molecule has 2 rings (SSSR count). The molecular formula is C15H29ClN2O. The van der Waals surface area contributed by atoms with Crippen LogP contribution in [0.1, 0.15) is 58.3 Å². The maximum Gasteiger partial charge on any atom is 0.220 e. The molecule has 2 fully saturated rings. The minimum Gasteiger partial charge on any atom is -0.352 e. The maximum atomic E-state index is 12.0. The maximum absolute atomic E-state index is 12.0. The van der Waals surface area contributed by atoms with Gasteiger partial charge in [-0.3, -0.25) is 4.79 Å². The van der Waals surface area contributed by atoms with Crippen molar-refractivity contribution in [3.63, 3.8) is 0 Å². The van der Waals surface area contributed by atoms with Crippen LogP contribution in [-0.2, 0) is 4.79 Å². The molecule has 1 amide bonds. The number of amides is 1. The van der Waals surface area contributed by atoms with Gasteiger partial charge in [0, 0.05) is 19.0 Å². The first-order chi connectivity index (χ1) is 8.75. The van der Waals surface area contributed by atoms with Crippen LogP contribution < -0.4 is 10.6 Å². The van der Waals surface area contributed by atoms with E-state index in [9.17, 15) is 4.79 Å². The van der Waals surface area contributed by atoms with Gasteiger partial charge in [-0.2, -0.15) is 0 Å². The molecule has 2 atom stereocenters. The fraction of sp³-hybridized carbons (Fsp3) is 0.933. The van der Waals surface area contributed by atoms with Gasteiger partial charge in [0.05, 0.1) is 0 Å². The van der Waals surface area contributed by atoms with Crippen LogP contribution in [0.15, 0.2) is 0 Å². The van der Waals surface area contributed by atoms with E-state index >= 15 is 0 Å². The molecule has 1 aliphatic heterocycles. The van der Waals surface area contributed by atoms with Crippen LogP contribution >= 0.6 is 12.4 Å². The molecule has 0 bridgehead atoms. The molecule has 0 spiro atoms. The Morgan fingerprint density at radius 2 is 1.95 bits per heavy atom. The molecule has 0 radical (unpaired) electrons. The van der Waals surface area contributed by atoms with Gasteiger partial charge in [0.25, 0.3) is 0 Å². The van der Waals surface area contributed by atoms with Crippen LogP contribution in [0.4, 0.5) is 0 Å². The standard InChI is InChI=1S/C15H28N2O.ClH/c1-12(13-6-3-2-4-7-13)10-15(18)17-14-8-5-9-16-11-14;/h12-14,16H,2-11H2,1H3,(H,17,18);1H/t12?,14-;/m0./s1. The second kappa shape index (κ2) is 8.80. The van der Waals surface area contributed by atoms with Gasteiger partial charge in [0.2, 0.25) is 5.91 Å². The zero-order valence-corrected chi connectivity index (χ0v) is 12.9. The lowest BCUT2D eigenvalue weighted by Crippen LogP contribution is -2.46. The lowest BCUT2D eigenvalue weighted by Gasteiger charge is -2.28. The highest BCUT2D eigenvalue weighted by Gasteiger charge is 2.23. The third-order valence-corrected chi connectivity index (χ3v) is 4.62. The fourth-order valence-corrected chi connectivity index (χ4v) is 3.42. The van der Waals surface area contributed by atoms with Gasteiger partial charge in [0.1, 0.15) is 0 Å². The summed E-state index contributed by atoms with van der Waals surface area (Å²) in [5.74, 6) is 1.61. The van der Waals surface area contributed by atoms with Crippen molar-refractivity contribution in [1.82, 2.24) is 10.6 Å². The van der Waals surface area contributed by atoms with Crippen LogP contribution in [0.2, 0.25) is 0 Å². The van der Waals surface area contributed by atoms with Crippen LogP contribution in [0.3, 0.4) is 0 Å². The summed E-state index contributed by atoms with van der Waals surface area (Å²) in [5.41, 5.74) is 0. The Hall–Kier alpha value is -0.280. The number of halogens is 1. The normalized spacial score (nSPS) is 26.3. The molecule has 112 valence electrons. The molecule has 2 N–H and O–H groups in total. The third-order valence-electron chi connectivity index (χ3n) is 4.62. The molecule has 4 heteroatoms. The number of rotatable bonds is 4. The summed E-state index contributed by atoms with van der Waals surface area (Å²) >= 11 is 0. The molecular weight excluding hydrogens is 260 g/mol. The van der Waals surface area contributed by atoms with Gasteiger partial charge in [-0.15, -0.1) is 12.4 Å². The Balaban J connectivity index is 0.00000180. The zero-order valence-electron chi connectivity index (χ0n) is 12.1. The summed E-state index contributed by atoms with van der Waals surface area (Å²) in [5, 5.41) is 6.53. The largest absolute Gasteiger partial charge is 0.352 e. The third kappa shape index (κ3) is 5.70. The number of carbonyl (C=O) groups is 1.